The molecule has 5 nitrogen and oxygen atoms in total. The molecule has 0 spiro atoms. The quantitative estimate of drug-likeness (QED) is 0.577. The first-order valence-corrected chi connectivity index (χ1v) is 3.49. The van der Waals surface area contributed by atoms with E-state index in [1.165, 1.54) is 20.8 Å². The number of carboxylic acids is 1. The van der Waals surface area contributed by atoms with E-state index in [1.807, 2.05) is 0 Å². The van der Waals surface area contributed by atoms with Crippen LogP contribution in [0.2, 0.25) is 0 Å². The average molecular weight is 175 g/mol. The van der Waals surface area contributed by atoms with Crippen molar-refractivity contribution >= 4 is 11.9 Å². The zero-order chi connectivity index (χ0) is 9.94. The third kappa shape index (κ3) is 2.87. The van der Waals surface area contributed by atoms with Crippen molar-refractivity contribution in [1.82, 2.24) is 0 Å². The minimum absolute atomic E-state index is 0.720. The Morgan fingerprint density at radius 3 is 2.17 bits per heavy atom. The van der Waals surface area contributed by atoms with Gasteiger partial charge < -0.3 is 15.6 Å². The summed E-state index contributed by atoms with van der Waals surface area (Å²) in [5.74, 6) is -1.92. The Balaban J connectivity index is 4.25. The molecule has 0 amide bonds. The Labute approximate surface area is 70.5 Å². The SMILES string of the molecule is CC(N)C(=O)OC(C)(C)C(=O)O. The Hall–Kier alpha value is -1.10. The number of aliphatic carboxylic acids is 1. The molecule has 0 radical (unpaired) electrons. The van der Waals surface area contributed by atoms with Crippen molar-refractivity contribution in [1.29, 1.82) is 0 Å². The molecule has 0 aliphatic rings. The number of ether oxygens (including phenoxy) is 1. The molecule has 1 atom stereocenters. The van der Waals surface area contributed by atoms with Gasteiger partial charge in [-0.2, -0.15) is 0 Å². The summed E-state index contributed by atoms with van der Waals surface area (Å²) in [4.78, 5) is 21.3. The number of hydrogen-bond donors (Lipinski definition) is 2. The number of carbonyl (C=O) groups excluding carboxylic acids is 1. The minimum atomic E-state index is -1.51. The van der Waals surface area contributed by atoms with E-state index in [4.69, 9.17) is 10.8 Å². The van der Waals surface area contributed by atoms with Crippen LogP contribution in [0.25, 0.3) is 0 Å². The number of rotatable bonds is 3. The van der Waals surface area contributed by atoms with Crippen molar-refractivity contribution < 1.29 is 19.4 Å². The maximum absolute atomic E-state index is 10.9. The van der Waals surface area contributed by atoms with Crippen LogP contribution in [0.5, 0.6) is 0 Å². The van der Waals surface area contributed by atoms with Crippen molar-refractivity contribution in [2.75, 3.05) is 0 Å². The van der Waals surface area contributed by atoms with Gasteiger partial charge in [-0.15, -0.1) is 0 Å². The first-order valence-electron chi connectivity index (χ1n) is 3.49. The first kappa shape index (κ1) is 10.9. The molecular weight excluding hydrogens is 162 g/mol. The summed E-state index contributed by atoms with van der Waals surface area (Å²) >= 11 is 0. The van der Waals surface area contributed by atoms with Crippen LogP contribution in [0.3, 0.4) is 0 Å². The van der Waals surface area contributed by atoms with Crippen LogP contribution in [0.15, 0.2) is 0 Å². The van der Waals surface area contributed by atoms with Gasteiger partial charge in [-0.3, -0.25) is 4.79 Å². The Bertz CT molecular complexity index is 198. The number of esters is 1. The maximum atomic E-state index is 10.9. The van der Waals surface area contributed by atoms with Crippen LogP contribution in [0, 0.1) is 0 Å². The van der Waals surface area contributed by atoms with Crippen LogP contribution < -0.4 is 5.73 Å². The van der Waals surface area contributed by atoms with E-state index < -0.39 is 23.6 Å². The van der Waals surface area contributed by atoms with Crippen molar-refractivity contribution in [3.8, 4) is 0 Å². The van der Waals surface area contributed by atoms with Gasteiger partial charge in [0, 0.05) is 0 Å². The summed E-state index contributed by atoms with van der Waals surface area (Å²) in [5, 5.41) is 8.55. The zero-order valence-electron chi connectivity index (χ0n) is 7.33. The second-order valence-electron chi connectivity index (χ2n) is 3.03. The predicted octanol–water partition coefficient (Wildman–Crippen LogP) is -0.260. The van der Waals surface area contributed by atoms with Crippen LogP contribution in [-0.2, 0) is 14.3 Å². The molecular formula is C7H13NO4. The summed E-state index contributed by atoms with van der Waals surface area (Å²) in [6.45, 7) is 4.01. The summed E-state index contributed by atoms with van der Waals surface area (Å²) in [6.07, 6.45) is 0. The second-order valence-corrected chi connectivity index (χ2v) is 3.03. The molecule has 0 aliphatic heterocycles. The van der Waals surface area contributed by atoms with Crippen molar-refractivity contribution in [2.45, 2.75) is 32.4 Å². The van der Waals surface area contributed by atoms with Gasteiger partial charge in [-0.05, 0) is 20.8 Å². The fourth-order valence-corrected chi connectivity index (χ4v) is 0.388. The van der Waals surface area contributed by atoms with E-state index in [1.54, 1.807) is 0 Å². The molecule has 1 unspecified atom stereocenters. The lowest BCUT2D eigenvalue weighted by molar-refractivity contribution is -0.175. The molecule has 3 N–H and O–H groups in total. The molecule has 70 valence electrons. The van der Waals surface area contributed by atoms with Gasteiger partial charge in [-0.25, -0.2) is 4.79 Å². The molecule has 0 saturated heterocycles. The molecule has 0 heterocycles. The van der Waals surface area contributed by atoms with Gasteiger partial charge in [-0.1, -0.05) is 0 Å². The Morgan fingerprint density at radius 1 is 1.50 bits per heavy atom. The second kappa shape index (κ2) is 3.53. The minimum Gasteiger partial charge on any atom is -0.478 e. The van der Waals surface area contributed by atoms with Crippen LogP contribution >= 0.6 is 0 Å². The highest BCUT2D eigenvalue weighted by Crippen LogP contribution is 2.09. The zero-order valence-corrected chi connectivity index (χ0v) is 7.33. The fourth-order valence-electron chi connectivity index (χ4n) is 0.388. The van der Waals surface area contributed by atoms with E-state index >= 15 is 0 Å². The van der Waals surface area contributed by atoms with Gasteiger partial charge >= 0.3 is 11.9 Å². The number of carboxylic acid groups (broad SMARTS) is 1. The molecule has 0 fully saturated rings. The Kier molecular flexibility index (Phi) is 3.21. The van der Waals surface area contributed by atoms with Crippen molar-refractivity contribution in [2.24, 2.45) is 5.73 Å². The standard InChI is InChI=1S/C7H13NO4/c1-4(8)5(9)12-7(2,3)6(10)11/h4H,8H2,1-3H3,(H,10,11). The highest BCUT2D eigenvalue weighted by atomic mass is 16.6. The largest absolute Gasteiger partial charge is 0.478 e. The van der Waals surface area contributed by atoms with Gasteiger partial charge in [0.1, 0.15) is 6.04 Å². The van der Waals surface area contributed by atoms with Crippen LogP contribution in [0.1, 0.15) is 20.8 Å². The molecule has 5 heteroatoms. The molecule has 0 aromatic rings. The maximum Gasteiger partial charge on any atom is 0.347 e. The monoisotopic (exact) mass is 175 g/mol. The lowest BCUT2D eigenvalue weighted by Crippen LogP contribution is -2.41. The normalized spacial score (nSPS) is 13.7. The van der Waals surface area contributed by atoms with E-state index in [0.717, 1.165) is 0 Å². The number of hydrogen-bond acceptors (Lipinski definition) is 4. The molecule has 12 heavy (non-hydrogen) atoms. The van der Waals surface area contributed by atoms with Crippen molar-refractivity contribution in [3.05, 3.63) is 0 Å². The van der Waals surface area contributed by atoms with Gasteiger partial charge in [0.15, 0.2) is 0 Å². The van der Waals surface area contributed by atoms with E-state index in [-0.39, 0.29) is 0 Å². The molecule has 0 saturated carbocycles. The fraction of sp³-hybridized carbons (Fsp3) is 0.714. The highest BCUT2D eigenvalue weighted by Gasteiger charge is 2.32. The molecule has 0 rings (SSSR count). The average Bonchev–Trinajstić information content (AvgIpc) is 1.85. The number of nitrogens with two attached hydrogens (primary N) is 1. The van der Waals surface area contributed by atoms with Gasteiger partial charge in [0.05, 0.1) is 0 Å². The van der Waals surface area contributed by atoms with Gasteiger partial charge in [0.2, 0.25) is 5.60 Å². The predicted molar refractivity (Wildman–Crippen MR) is 41.5 cm³/mol. The van der Waals surface area contributed by atoms with E-state index in [0.29, 0.717) is 0 Å². The lowest BCUT2D eigenvalue weighted by Gasteiger charge is -2.20. The van der Waals surface area contributed by atoms with E-state index in [2.05, 4.69) is 4.74 Å². The summed E-state index contributed by atoms with van der Waals surface area (Å²) in [5.41, 5.74) is 3.67. The molecule has 0 aromatic heterocycles. The third-order valence-corrected chi connectivity index (χ3v) is 1.24. The smallest absolute Gasteiger partial charge is 0.347 e. The first-order chi connectivity index (χ1) is 5.27. The van der Waals surface area contributed by atoms with Crippen LogP contribution in [0.4, 0.5) is 0 Å². The third-order valence-electron chi connectivity index (χ3n) is 1.24. The van der Waals surface area contributed by atoms with E-state index in [9.17, 15) is 9.59 Å². The highest BCUT2D eigenvalue weighted by molar-refractivity contribution is 5.82. The lowest BCUT2D eigenvalue weighted by atomic mass is 10.1. The molecule has 0 bridgehead atoms. The summed E-state index contributed by atoms with van der Waals surface area (Å²) in [7, 11) is 0. The summed E-state index contributed by atoms with van der Waals surface area (Å²) in [6, 6.07) is -0.802. The summed E-state index contributed by atoms with van der Waals surface area (Å²) < 4.78 is 4.60. The van der Waals surface area contributed by atoms with Crippen LogP contribution in [-0.4, -0.2) is 28.7 Å². The van der Waals surface area contributed by atoms with Gasteiger partial charge in [0.25, 0.3) is 0 Å². The van der Waals surface area contributed by atoms with Crippen molar-refractivity contribution in [3.63, 3.8) is 0 Å². The molecule has 0 aromatic carbocycles. The number of carbonyl (C=O) groups is 2. The molecule has 0 aliphatic carbocycles. The Morgan fingerprint density at radius 2 is 1.92 bits per heavy atom. The topological polar surface area (TPSA) is 89.6 Å².